The van der Waals surface area contributed by atoms with Gasteiger partial charge in [0.25, 0.3) is 10.1 Å². The summed E-state index contributed by atoms with van der Waals surface area (Å²) < 4.78 is 30.1. The predicted octanol–water partition coefficient (Wildman–Crippen LogP) is 2.55. The van der Waals surface area contributed by atoms with E-state index in [4.69, 9.17) is 9.66 Å². The van der Waals surface area contributed by atoms with Crippen LogP contribution in [0.4, 0.5) is 5.69 Å². The first-order valence-corrected chi connectivity index (χ1v) is 10.7. The zero-order valence-corrected chi connectivity index (χ0v) is 16.5. The molecule has 2 N–H and O–H groups in total. The highest BCUT2D eigenvalue weighted by Gasteiger charge is 2.06. The van der Waals surface area contributed by atoms with E-state index >= 15 is 0 Å². The number of unbranched alkanes of at least 4 members (excludes halogenated alkanes) is 1. The van der Waals surface area contributed by atoms with Crippen LogP contribution < -0.4 is 4.90 Å². The summed E-state index contributed by atoms with van der Waals surface area (Å²) in [5.41, 5.74) is 3.31. The quantitative estimate of drug-likeness (QED) is 0.470. The van der Waals surface area contributed by atoms with Crippen LogP contribution in [0.25, 0.3) is 6.08 Å². The minimum absolute atomic E-state index is 0.135. The highest BCUT2D eigenvalue weighted by Crippen LogP contribution is 2.16. The minimum Gasteiger partial charge on any atom is -0.395 e. The van der Waals surface area contributed by atoms with Gasteiger partial charge >= 0.3 is 0 Å². The number of anilines is 1. The van der Waals surface area contributed by atoms with E-state index in [1.807, 2.05) is 48.5 Å². The van der Waals surface area contributed by atoms with Gasteiger partial charge in [0.05, 0.1) is 12.4 Å². The normalized spacial score (nSPS) is 14.6. The lowest BCUT2D eigenvalue weighted by Gasteiger charge is -2.21. The van der Waals surface area contributed by atoms with Crippen molar-refractivity contribution in [2.45, 2.75) is 12.8 Å². The van der Waals surface area contributed by atoms with Gasteiger partial charge in [-0.25, -0.2) is 0 Å². The lowest BCUT2D eigenvalue weighted by Crippen LogP contribution is -2.21. The molecule has 0 saturated carbocycles. The Balaban J connectivity index is 1.78. The molecule has 1 aliphatic heterocycles. The molecule has 0 radical (unpaired) electrons. The van der Waals surface area contributed by atoms with E-state index in [1.54, 1.807) is 0 Å². The number of nitrogens with zero attached hydrogens (tertiary/aromatic N) is 2. The van der Waals surface area contributed by atoms with Gasteiger partial charge in [-0.1, -0.05) is 30.4 Å². The van der Waals surface area contributed by atoms with Gasteiger partial charge in [-0.3, -0.25) is 4.55 Å². The number of aliphatic hydroxyl groups excluding tert-OH is 1. The van der Waals surface area contributed by atoms with Crippen molar-refractivity contribution in [2.75, 3.05) is 43.9 Å². The SMILES string of the molecule is CN(CCO)c1ccc(C=CC2=CCN(CCCCS(=O)(=O)O)C=C2)cc1. The summed E-state index contributed by atoms with van der Waals surface area (Å²) in [4.78, 5) is 4.12. The van der Waals surface area contributed by atoms with Crippen molar-refractivity contribution in [2.24, 2.45) is 0 Å². The second-order valence-electron chi connectivity index (χ2n) is 6.58. The number of hydrogen-bond donors (Lipinski definition) is 2. The van der Waals surface area contributed by atoms with Gasteiger partial charge < -0.3 is 14.9 Å². The molecule has 0 bridgehead atoms. The summed E-state index contributed by atoms with van der Waals surface area (Å²) in [5.74, 6) is -0.178. The number of rotatable bonds is 10. The van der Waals surface area contributed by atoms with Gasteiger partial charge in [0, 0.05) is 32.4 Å². The first-order valence-electron chi connectivity index (χ1n) is 9.05. The molecule has 7 heteroatoms. The number of allylic oxidation sites excluding steroid dienone is 3. The van der Waals surface area contributed by atoms with Gasteiger partial charge in [-0.05, 0) is 48.4 Å². The number of hydrogen-bond acceptors (Lipinski definition) is 5. The average Bonchev–Trinajstić information content (AvgIpc) is 2.64. The highest BCUT2D eigenvalue weighted by molar-refractivity contribution is 7.85. The number of likely N-dealkylation sites (N-methyl/N-ethyl adjacent to an activating group) is 1. The summed E-state index contributed by atoms with van der Waals surface area (Å²) in [5, 5.41) is 8.99. The maximum atomic E-state index is 10.7. The molecule has 0 spiro atoms. The van der Waals surface area contributed by atoms with Crippen molar-refractivity contribution >= 4 is 21.9 Å². The summed E-state index contributed by atoms with van der Waals surface area (Å²) >= 11 is 0. The average molecular weight is 393 g/mol. The zero-order chi connectivity index (χ0) is 19.7. The van der Waals surface area contributed by atoms with Crippen molar-refractivity contribution in [3.8, 4) is 0 Å². The first kappa shape index (κ1) is 21.2. The van der Waals surface area contributed by atoms with Crippen molar-refractivity contribution in [3.05, 3.63) is 59.8 Å². The molecule has 1 aromatic rings. The third-order valence-electron chi connectivity index (χ3n) is 4.37. The lowest BCUT2D eigenvalue weighted by atomic mass is 10.1. The van der Waals surface area contributed by atoms with Crippen LogP contribution in [0.1, 0.15) is 18.4 Å². The maximum Gasteiger partial charge on any atom is 0.264 e. The molecular formula is C20H28N2O4S. The summed E-state index contributed by atoms with van der Waals surface area (Å²) in [6, 6.07) is 8.17. The fourth-order valence-electron chi connectivity index (χ4n) is 2.74. The predicted molar refractivity (Wildman–Crippen MR) is 110 cm³/mol. The van der Waals surface area contributed by atoms with Crippen molar-refractivity contribution in [1.29, 1.82) is 0 Å². The third kappa shape index (κ3) is 7.99. The summed E-state index contributed by atoms with van der Waals surface area (Å²) in [6.07, 6.45) is 11.5. The van der Waals surface area contributed by atoms with E-state index in [2.05, 4.69) is 23.1 Å². The van der Waals surface area contributed by atoms with Crippen LogP contribution in [0.15, 0.2) is 54.3 Å². The van der Waals surface area contributed by atoms with E-state index in [0.717, 1.165) is 36.3 Å². The van der Waals surface area contributed by atoms with Gasteiger partial charge in [0.15, 0.2) is 0 Å². The Morgan fingerprint density at radius 2 is 1.93 bits per heavy atom. The smallest absolute Gasteiger partial charge is 0.264 e. The molecule has 6 nitrogen and oxygen atoms in total. The molecular weight excluding hydrogens is 364 g/mol. The van der Waals surface area contributed by atoms with Crippen LogP contribution in [0.5, 0.6) is 0 Å². The van der Waals surface area contributed by atoms with E-state index in [0.29, 0.717) is 13.0 Å². The van der Waals surface area contributed by atoms with E-state index in [-0.39, 0.29) is 12.4 Å². The minimum atomic E-state index is -3.85. The van der Waals surface area contributed by atoms with Crippen molar-refractivity contribution in [3.63, 3.8) is 0 Å². The molecule has 2 rings (SSSR count). The number of benzene rings is 1. The molecule has 0 aliphatic carbocycles. The second-order valence-corrected chi connectivity index (χ2v) is 8.15. The van der Waals surface area contributed by atoms with Gasteiger partial charge in [-0.15, -0.1) is 0 Å². The fourth-order valence-corrected chi connectivity index (χ4v) is 3.31. The molecule has 0 amide bonds. The molecule has 0 aromatic heterocycles. The third-order valence-corrected chi connectivity index (χ3v) is 5.18. The Labute approximate surface area is 161 Å². The van der Waals surface area contributed by atoms with Gasteiger partial charge in [-0.2, -0.15) is 8.42 Å². The molecule has 0 saturated heterocycles. The van der Waals surface area contributed by atoms with Gasteiger partial charge in [0.1, 0.15) is 0 Å². The van der Waals surface area contributed by atoms with Crippen LogP contribution >= 0.6 is 0 Å². The molecule has 0 fully saturated rings. The van der Waals surface area contributed by atoms with Crippen LogP contribution in [0.2, 0.25) is 0 Å². The molecule has 0 unspecified atom stereocenters. The summed E-state index contributed by atoms with van der Waals surface area (Å²) in [7, 11) is -1.90. The first-order chi connectivity index (χ1) is 12.9. The monoisotopic (exact) mass is 392 g/mol. The fraction of sp³-hybridized carbons (Fsp3) is 0.400. The van der Waals surface area contributed by atoms with Crippen molar-refractivity contribution in [1.82, 2.24) is 4.90 Å². The molecule has 1 aromatic carbocycles. The van der Waals surface area contributed by atoms with Crippen LogP contribution in [-0.2, 0) is 10.1 Å². The largest absolute Gasteiger partial charge is 0.395 e. The molecule has 1 heterocycles. The van der Waals surface area contributed by atoms with Crippen molar-refractivity contribution < 1.29 is 18.1 Å². The topological polar surface area (TPSA) is 81.1 Å². The molecule has 27 heavy (non-hydrogen) atoms. The van der Waals surface area contributed by atoms with Crippen LogP contribution in [-0.4, -0.2) is 62.0 Å². The lowest BCUT2D eigenvalue weighted by molar-refractivity contribution is 0.304. The van der Waals surface area contributed by atoms with E-state index < -0.39 is 10.1 Å². The molecule has 0 atom stereocenters. The standard InChI is InChI=1S/C20H28N2O4S/c1-21(15-16-23)20-8-6-18(7-9-20)4-5-19-10-13-22(14-11-19)12-2-3-17-27(24,25)26/h4-11,13,23H,2-3,12,14-17H2,1H3,(H,24,25,26). The Morgan fingerprint density at radius 1 is 1.19 bits per heavy atom. The Bertz CT molecular complexity index is 783. The molecule has 1 aliphatic rings. The number of aliphatic hydroxyl groups is 1. The Morgan fingerprint density at radius 3 is 2.52 bits per heavy atom. The van der Waals surface area contributed by atoms with E-state index in [9.17, 15) is 8.42 Å². The van der Waals surface area contributed by atoms with E-state index in [1.165, 1.54) is 0 Å². The summed E-state index contributed by atoms with van der Waals surface area (Å²) in [6.45, 7) is 2.30. The van der Waals surface area contributed by atoms with Gasteiger partial charge in [0.2, 0.25) is 0 Å². The van der Waals surface area contributed by atoms with Crippen LogP contribution in [0.3, 0.4) is 0 Å². The molecule has 148 valence electrons. The highest BCUT2D eigenvalue weighted by atomic mass is 32.2. The maximum absolute atomic E-state index is 10.7. The van der Waals surface area contributed by atoms with Crippen LogP contribution in [0, 0.1) is 0 Å². The Kier molecular flexibility index (Phi) is 8.09. The second kappa shape index (κ2) is 10.3. The zero-order valence-electron chi connectivity index (χ0n) is 15.7. The Hall–Kier alpha value is -2.09.